The quantitative estimate of drug-likeness (QED) is 0.894. The Bertz CT molecular complexity index is 518. The molecule has 1 atom stereocenters. The van der Waals surface area contributed by atoms with Crippen LogP contribution in [0.25, 0.3) is 0 Å². The van der Waals surface area contributed by atoms with Crippen molar-refractivity contribution in [1.82, 2.24) is 20.1 Å². The molecule has 0 fully saturated rings. The molecular formula is C14H18N4. The third-order valence-corrected chi connectivity index (χ3v) is 3.57. The van der Waals surface area contributed by atoms with E-state index < -0.39 is 0 Å². The minimum absolute atomic E-state index is 0.352. The molecule has 18 heavy (non-hydrogen) atoms. The Labute approximate surface area is 107 Å². The fourth-order valence-electron chi connectivity index (χ4n) is 2.63. The SMILES string of the molecule is CCC(c1ccccc1)c1nnc2n1CCNC2. The summed E-state index contributed by atoms with van der Waals surface area (Å²) in [5.41, 5.74) is 1.33. The second-order valence-corrected chi connectivity index (χ2v) is 4.67. The highest BCUT2D eigenvalue weighted by Crippen LogP contribution is 2.27. The molecule has 2 aromatic rings. The van der Waals surface area contributed by atoms with Crippen molar-refractivity contribution in [2.75, 3.05) is 6.54 Å². The molecule has 3 rings (SSSR count). The van der Waals surface area contributed by atoms with Crippen LogP contribution in [0.1, 0.15) is 36.5 Å². The summed E-state index contributed by atoms with van der Waals surface area (Å²) < 4.78 is 2.28. The summed E-state index contributed by atoms with van der Waals surface area (Å²) in [6.07, 6.45) is 1.05. The van der Waals surface area contributed by atoms with Gasteiger partial charge in [0, 0.05) is 19.0 Å². The normalized spacial score (nSPS) is 16.3. The van der Waals surface area contributed by atoms with E-state index in [-0.39, 0.29) is 0 Å². The molecular weight excluding hydrogens is 224 g/mol. The largest absolute Gasteiger partial charge is 0.312 e. The number of nitrogens with one attached hydrogen (secondary N) is 1. The average Bonchev–Trinajstić information content (AvgIpc) is 2.85. The predicted molar refractivity (Wildman–Crippen MR) is 70.3 cm³/mol. The van der Waals surface area contributed by atoms with Crippen molar-refractivity contribution in [3.63, 3.8) is 0 Å². The number of hydrogen-bond acceptors (Lipinski definition) is 3. The maximum absolute atomic E-state index is 4.42. The highest BCUT2D eigenvalue weighted by atomic mass is 15.3. The number of hydrogen-bond donors (Lipinski definition) is 1. The van der Waals surface area contributed by atoms with E-state index in [4.69, 9.17) is 0 Å². The van der Waals surface area contributed by atoms with E-state index in [9.17, 15) is 0 Å². The maximum atomic E-state index is 4.42. The highest BCUT2D eigenvalue weighted by molar-refractivity contribution is 5.26. The van der Waals surface area contributed by atoms with E-state index in [1.807, 2.05) is 0 Å². The van der Waals surface area contributed by atoms with Crippen LogP contribution in [0.4, 0.5) is 0 Å². The number of aromatic nitrogens is 3. The fourth-order valence-corrected chi connectivity index (χ4v) is 2.63. The number of nitrogens with zero attached hydrogens (tertiary/aromatic N) is 3. The monoisotopic (exact) mass is 242 g/mol. The fraction of sp³-hybridized carbons (Fsp3) is 0.429. The van der Waals surface area contributed by atoms with Gasteiger partial charge < -0.3 is 9.88 Å². The predicted octanol–water partition coefficient (Wildman–Crippen LogP) is 1.92. The molecule has 1 N–H and O–H groups in total. The highest BCUT2D eigenvalue weighted by Gasteiger charge is 2.22. The lowest BCUT2D eigenvalue weighted by Crippen LogP contribution is -2.29. The van der Waals surface area contributed by atoms with Gasteiger partial charge in [-0.1, -0.05) is 37.3 Å². The first-order chi connectivity index (χ1) is 8.90. The Morgan fingerprint density at radius 1 is 1.28 bits per heavy atom. The summed E-state index contributed by atoms with van der Waals surface area (Å²) in [5.74, 6) is 2.52. The van der Waals surface area contributed by atoms with E-state index in [1.165, 1.54) is 5.56 Å². The smallest absolute Gasteiger partial charge is 0.147 e. The van der Waals surface area contributed by atoms with E-state index in [0.717, 1.165) is 37.7 Å². The Morgan fingerprint density at radius 3 is 2.89 bits per heavy atom. The molecule has 4 nitrogen and oxygen atoms in total. The van der Waals surface area contributed by atoms with Crippen LogP contribution in [0, 0.1) is 0 Å². The summed E-state index contributed by atoms with van der Waals surface area (Å²) in [5, 5.41) is 12.0. The molecule has 4 heteroatoms. The van der Waals surface area contributed by atoms with E-state index in [2.05, 4.69) is 57.3 Å². The summed E-state index contributed by atoms with van der Waals surface area (Å²) in [4.78, 5) is 0. The minimum Gasteiger partial charge on any atom is -0.312 e. The maximum Gasteiger partial charge on any atom is 0.147 e. The summed E-state index contributed by atoms with van der Waals surface area (Å²) in [6, 6.07) is 10.6. The third-order valence-electron chi connectivity index (χ3n) is 3.57. The second kappa shape index (κ2) is 4.90. The molecule has 0 saturated carbocycles. The third kappa shape index (κ3) is 1.93. The molecule has 0 amide bonds. The molecule has 0 aliphatic carbocycles. The van der Waals surface area contributed by atoms with Gasteiger partial charge in [0.05, 0.1) is 6.54 Å². The first kappa shape index (κ1) is 11.4. The van der Waals surface area contributed by atoms with Gasteiger partial charge >= 0.3 is 0 Å². The van der Waals surface area contributed by atoms with Crippen LogP contribution in [0.3, 0.4) is 0 Å². The van der Waals surface area contributed by atoms with Crippen molar-refractivity contribution >= 4 is 0 Å². The van der Waals surface area contributed by atoms with Gasteiger partial charge in [-0.15, -0.1) is 10.2 Å². The molecule has 1 aliphatic rings. The zero-order chi connectivity index (χ0) is 12.4. The van der Waals surface area contributed by atoms with Gasteiger partial charge in [-0.25, -0.2) is 0 Å². The summed E-state index contributed by atoms with van der Waals surface area (Å²) in [6.45, 7) is 5.02. The number of rotatable bonds is 3. The molecule has 2 heterocycles. The number of benzene rings is 1. The van der Waals surface area contributed by atoms with E-state index >= 15 is 0 Å². The molecule has 94 valence electrons. The summed E-state index contributed by atoms with van der Waals surface area (Å²) in [7, 11) is 0. The van der Waals surface area contributed by atoms with Gasteiger partial charge in [0.15, 0.2) is 0 Å². The molecule has 0 saturated heterocycles. The molecule has 0 bridgehead atoms. The van der Waals surface area contributed by atoms with Crippen molar-refractivity contribution in [2.45, 2.75) is 32.4 Å². The van der Waals surface area contributed by atoms with Crippen LogP contribution in [0.15, 0.2) is 30.3 Å². The zero-order valence-corrected chi connectivity index (χ0v) is 10.6. The second-order valence-electron chi connectivity index (χ2n) is 4.67. The topological polar surface area (TPSA) is 42.7 Å². The van der Waals surface area contributed by atoms with Crippen LogP contribution in [-0.4, -0.2) is 21.3 Å². The van der Waals surface area contributed by atoms with Crippen LogP contribution < -0.4 is 5.32 Å². The molecule has 0 radical (unpaired) electrons. The molecule has 1 aromatic heterocycles. The van der Waals surface area contributed by atoms with Crippen LogP contribution in [0.5, 0.6) is 0 Å². The van der Waals surface area contributed by atoms with E-state index in [0.29, 0.717) is 5.92 Å². The van der Waals surface area contributed by atoms with Crippen molar-refractivity contribution in [2.24, 2.45) is 0 Å². The van der Waals surface area contributed by atoms with Gasteiger partial charge in [0.1, 0.15) is 11.6 Å². The lowest BCUT2D eigenvalue weighted by molar-refractivity contribution is 0.484. The first-order valence-electron chi connectivity index (χ1n) is 6.57. The average molecular weight is 242 g/mol. The Balaban J connectivity index is 2.00. The van der Waals surface area contributed by atoms with Crippen molar-refractivity contribution in [3.8, 4) is 0 Å². The molecule has 1 aliphatic heterocycles. The van der Waals surface area contributed by atoms with Gasteiger partial charge in [-0.3, -0.25) is 0 Å². The van der Waals surface area contributed by atoms with Gasteiger partial charge in [0.25, 0.3) is 0 Å². The van der Waals surface area contributed by atoms with Crippen LogP contribution in [0.2, 0.25) is 0 Å². The first-order valence-corrected chi connectivity index (χ1v) is 6.57. The number of fused-ring (bicyclic) bond motifs is 1. The molecule has 1 unspecified atom stereocenters. The van der Waals surface area contributed by atoms with Crippen LogP contribution in [-0.2, 0) is 13.1 Å². The van der Waals surface area contributed by atoms with Crippen molar-refractivity contribution < 1.29 is 0 Å². The van der Waals surface area contributed by atoms with E-state index in [1.54, 1.807) is 0 Å². The minimum atomic E-state index is 0.352. The van der Waals surface area contributed by atoms with Gasteiger partial charge in [0.2, 0.25) is 0 Å². The zero-order valence-electron chi connectivity index (χ0n) is 10.6. The van der Waals surface area contributed by atoms with Gasteiger partial charge in [-0.05, 0) is 12.0 Å². The van der Waals surface area contributed by atoms with Crippen molar-refractivity contribution in [1.29, 1.82) is 0 Å². The lowest BCUT2D eigenvalue weighted by atomic mass is 9.95. The molecule has 0 spiro atoms. The lowest BCUT2D eigenvalue weighted by Gasteiger charge is -2.20. The van der Waals surface area contributed by atoms with Crippen molar-refractivity contribution in [3.05, 3.63) is 47.5 Å². The van der Waals surface area contributed by atoms with Gasteiger partial charge in [-0.2, -0.15) is 0 Å². The standard InChI is InChI=1S/C14H18N4/c1-2-12(11-6-4-3-5-7-11)14-17-16-13-10-15-8-9-18(13)14/h3-7,12,15H,2,8-10H2,1H3. The Hall–Kier alpha value is -1.68. The Kier molecular flexibility index (Phi) is 3.11. The van der Waals surface area contributed by atoms with Crippen LogP contribution >= 0.6 is 0 Å². The summed E-state index contributed by atoms with van der Waals surface area (Å²) >= 11 is 0. The Morgan fingerprint density at radius 2 is 2.11 bits per heavy atom. The molecule has 1 aromatic carbocycles.